The lowest BCUT2D eigenvalue weighted by Crippen LogP contribution is -2.51. The number of likely N-dealkylation sites (N-methyl/N-ethyl adjacent to an activating group) is 1. The molecule has 0 bridgehead atoms. The maximum Gasteiger partial charge on any atom is 0.326 e. The van der Waals surface area contributed by atoms with Crippen molar-refractivity contribution in [1.82, 2.24) is 10.2 Å². The summed E-state index contributed by atoms with van der Waals surface area (Å²) in [7, 11) is 1.51. The zero-order valence-corrected chi connectivity index (χ0v) is 11.0. The summed E-state index contributed by atoms with van der Waals surface area (Å²) in [6.45, 7) is 5.76. The Labute approximate surface area is 102 Å². The fourth-order valence-electron chi connectivity index (χ4n) is 2.19. The van der Waals surface area contributed by atoms with Crippen LogP contribution in [0.2, 0.25) is 0 Å². The molecule has 1 aliphatic rings. The van der Waals surface area contributed by atoms with Gasteiger partial charge in [-0.05, 0) is 25.2 Å². The topological polar surface area (TPSA) is 69.6 Å². The number of nitrogens with one attached hydrogen (secondary N) is 1. The summed E-state index contributed by atoms with van der Waals surface area (Å²) in [4.78, 5) is 23.9. The molecule has 5 heteroatoms. The molecule has 0 spiro atoms. The van der Waals surface area contributed by atoms with Crippen LogP contribution in [-0.2, 0) is 4.79 Å². The van der Waals surface area contributed by atoms with Gasteiger partial charge in [0, 0.05) is 13.1 Å². The van der Waals surface area contributed by atoms with Crippen LogP contribution in [0.15, 0.2) is 0 Å². The molecule has 2 unspecified atom stereocenters. The van der Waals surface area contributed by atoms with Gasteiger partial charge in [0.2, 0.25) is 0 Å². The zero-order chi connectivity index (χ0) is 13.2. The third kappa shape index (κ3) is 3.11. The van der Waals surface area contributed by atoms with E-state index in [4.69, 9.17) is 5.11 Å². The number of hydrogen-bond donors (Lipinski definition) is 2. The molecule has 1 rings (SSSR count). The highest BCUT2D eigenvalue weighted by Crippen LogP contribution is 2.37. The quantitative estimate of drug-likeness (QED) is 0.791. The second-order valence-corrected chi connectivity index (χ2v) is 5.51. The highest BCUT2D eigenvalue weighted by Gasteiger charge is 2.36. The minimum atomic E-state index is -0.992. The van der Waals surface area contributed by atoms with Gasteiger partial charge in [-0.25, -0.2) is 9.59 Å². The van der Waals surface area contributed by atoms with Crippen molar-refractivity contribution in [3.05, 3.63) is 0 Å². The van der Waals surface area contributed by atoms with Crippen molar-refractivity contribution in [2.45, 2.75) is 52.1 Å². The molecule has 0 saturated heterocycles. The van der Waals surface area contributed by atoms with E-state index in [1.54, 1.807) is 0 Å². The van der Waals surface area contributed by atoms with Crippen molar-refractivity contribution in [2.24, 2.45) is 5.41 Å². The summed E-state index contributed by atoms with van der Waals surface area (Å²) >= 11 is 0. The van der Waals surface area contributed by atoms with Gasteiger partial charge in [0.1, 0.15) is 6.04 Å². The van der Waals surface area contributed by atoms with E-state index in [0.29, 0.717) is 0 Å². The van der Waals surface area contributed by atoms with Crippen molar-refractivity contribution >= 4 is 12.0 Å². The van der Waals surface area contributed by atoms with Gasteiger partial charge in [0.05, 0.1) is 0 Å². The molecule has 0 aromatic rings. The first-order chi connectivity index (χ1) is 7.75. The van der Waals surface area contributed by atoms with Gasteiger partial charge in [-0.15, -0.1) is 0 Å². The normalized spacial score (nSPS) is 24.1. The average Bonchev–Trinajstić information content (AvgIpc) is 2.56. The first kappa shape index (κ1) is 13.8. The lowest BCUT2D eigenvalue weighted by atomic mass is 9.87. The zero-order valence-electron chi connectivity index (χ0n) is 11.0. The van der Waals surface area contributed by atoms with E-state index in [-0.39, 0.29) is 17.5 Å². The molecule has 0 heterocycles. The van der Waals surface area contributed by atoms with Gasteiger partial charge < -0.3 is 15.3 Å². The number of hydrogen-bond acceptors (Lipinski definition) is 2. The molecule has 1 fully saturated rings. The van der Waals surface area contributed by atoms with Crippen molar-refractivity contribution < 1.29 is 14.7 Å². The SMILES string of the molecule is CC(C(=O)O)N(C)C(=O)NC1CCCC1(C)C. The molecule has 2 N–H and O–H groups in total. The summed E-state index contributed by atoms with van der Waals surface area (Å²) in [5.41, 5.74) is 0.100. The number of carboxylic acids is 1. The van der Waals surface area contributed by atoms with Crippen LogP contribution < -0.4 is 5.32 Å². The molecule has 1 saturated carbocycles. The van der Waals surface area contributed by atoms with Gasteiger partial charge in [0.25, 0.3) is 0 Å². The third-order valence-corrected chi connectivity index (χ3v) is 3.81. The number of aliphatic carboxylic acids is 1. The van der Waals surface area contributed by atoms with Crippen molar-refractivity contribution in [3.63, 3.8) is 0 Å². The van der Waals surface area contributed by atoms with E-state index in [1.807, 2.05) is 0 Å². The van der Waals surface area contributed by atoms with E-state index >= 15 is 0 Å². The Bertz CT molecular complexity index is 315. The van der Waals surface area contributed by atoms with Gasteiger partial charge in [-0.3, -0.25) is 0 Å². The number of urea groups is 1. The van der Waals surface area contributed by atoms with Crippen LogP contribution in [0.25, 0.3) is 0 Å². The molecule has 5 nitrogen and oxygen atoms in total. The Kier molecular flexibility index (Phi) is 4.01. The average molecular weight is 242 g/mol. The summed E-state index contributed by atoms with van der Waals surface area (Å²) in [6, 6.07) is -0.974. The molecule has 98 valence electrons. The Morgan fingerprint density at radius 3 is 2.47 bits per heavy atom. The second kappa shape index (κ2) is 4.94. The molecule has 0 aliphatic heterocycles. The molecule has 0 aromatic carbocycles. The predicted octanol–water partition coefficient (Wildman–Crippen LogP) is 1.68. The van der Waals surface area contributed by atoms with Crippen molar-refractivity contribution in [3.8, 4) is 0 Å². The second-order valence-electron chi connectivity index (χ2n) is 5.51. The standard InChI is InChI=1S/C12H22N2O3/c1-8(10(15)16)14(4)11(17)13-9-6-5-7-12(9,2)3/h8-9H,5-7H2,1-4H3,(H,13,17)(H,15,16). The lowest BCUT2D eigenvalue weighted by Gasteiger charge is -2.31. The molecule has 2 atom stereocenters. The maximum absolute atomic E-state index is 11.9. The number of carbonyl (C=O) groups is 2. The number of amides is 2. The fraction of sp³-hybridized carbons (Fsp3) is 0.833. The van der Waals surface area contributed by atoms with Crippen LogP contribution >= 0.6 is 0 Å². The number of carbonyl (C=O) groups excluding carboxylic acids is 1. The molecular weight excluding hydrogens is 220 g/mol. The van der Waals surface area contributed by atoms with Crippen molar-refractivity contribution in [1.29, 1.82) is 0 Å². The number of nitrogens with zero attached hydrogens (tertiary/aromatic N) is 1. The summed E-state index contributed by atoms with van der Waals surface area (Å²) in [5, 5.41) is 11.8. The summed E-state index contributed by atoms with van der Waals surface area (Å²) < 4.78 is 0. The Balaban J connectivity index is 2.57. The highest BCUT2D eigenvalue weighted by molar-refractivity contribution is 5.82. The number of carboxylic acid groups (broad SMARTS) is 1. The Hall–Kier alpha value is -1.26. The molecule has 0 radical (unpaired) electrons. The summed E-state index contributed by atoms with van der Waals surface area (Å²) in [5.74, 6) is -0.992. The minimum absolute atomic E-state index is 0.100. The number of rotatable bonds is 3. The Morgan fingerprint density at radius 1 is 1.47 bits per heavy atom. The van der Waals surface area contributed by atoms with Crippen LogP contribution in [0.5, 0.6) is 0 Å². The predicted molar refractivity (Wildman–Crippen MR) is 64.8 cm³/mol. The van der Waals surface area contributed by atoms with E-state index in [1.165, 1.54) is 18.9 Å². The highest BCUT2D eigenvalue weighted by atomic mass is 16.4. The third-order valence-electron chi connectivity index (χ3n) is 3.81. The van der Waals surface area contributed by atoms with Gasteiger partial charge in [-0.1, -0.05) is 20.3 Å². The van der Waals surface area contributed by atoms with E-state index in [0.717, 1.165) is 19.3 Å². The minimum Gasteiger partial charge on any atom is -0.480 e. The van der Waals surface area contributed by atoms with Gasteiger partial charge in [-0.2, -0.15) is 0 Å². The van der Waals surface area contributed by atoms with Crippen molar-refractivity contribution in [2.75, 3.05) is 7.05 Å². The lowest BCUT2D eigenvalue weighted by molar-refractivity contribution is -0.141. The Morgan fingerprint density at radius 2 is 2.06 bits per heavy atom. The van der Waals surface area contributed by atoms with Gasteiger partial charge >= 0.3 is 12.0 Å². The fourth-order valence-corrected chi connectivity index (χ4v) is 2.19. The largest absolute Gasteiger partial charge is 0.480 e. The smallest absolute Gasteiger partial charge is 0.326 e. The van der Waals surface area contributed by atoms with Crippen LogP contribution in [0.3, 0.4) is 0 Å². The molecule has 1 aliphatic carbocycles. The van der Waals surface area contributed by atoms with Crippen LogP contribution in [0, 0.1) is 5.41 Å². The maximum atomic E-state index is 11.9. The van der Waals surface area contributed by atoms with Crippen LogP contribution in [0.4, 0.5) is 4.79 Å². The van der Waals surface area contributed by atoms with E-state index in [2.05, 4.69) is 19.2 Å². The van der Waals surface area contributed by atoms with E-state index in [9.17, 15) is 9.59 Å². The molecular formula is C12H22N2O3. The van der Waals surface area contributed by atoms with E-state index < -0.39 is 12.0 Å². The van der Waals surface area contributed by atoms with Gasteiger partial charge in [0.15, 0.2) is 0 Å². The first-order valence-corrected chi connectivity index (χ1v) is 6.02. The monoisotopic (exact) mass is 242 g/mol. The van der Waals surface area contributed by atoms with Crippen LogP contribution in [-0.4, -0.2) is 41.1 Å². The molecule has 2 amide bonds. The summed E-state index contributed by atoms with van der Waals surface area (Å²) in [6.07, 6.45) is 3.17. The molecule has 0 aromatic heterocycles. The van der Waals surface area contributed by atoms with Crippen LogP contribution in [0.1, 0.15) is 40.0 Å². The first-order valence-electron chi connectivity index (χ1n) is 6.02. The molecule has 17 heavy (non-hydrogen) atoms.